The number of fused-ring (bicyclic) bond motifs is 2. The third-order valence-corrected chi connectivity index (χ3v) is 26.4. The van der Waals surface area contributed by atoms with Crippen LogP contribution >= 0.6 is 12.4 Å². The Morgan fingerprint density at radius 2 is 0.951 bits per heavy atom. The second-order valence-corrected chi connectivity index (χ2v) is 39.2. The number of rotatable bonds is 27. The van der Waals surface area contributed by atoms with Crippen LogP contribution in [0.15, 0.2) is 30.3 Å². The zero-order chi connectivity index (χ0) is 77.3. The van der Waals surface area contributed by atoms with Gasteiger partial charge in [-0.2, -0.15) is 34.1 Å². The van der Waals surface area contributed by atoms with Crippen molar-refractivity contribution in [3.8, 4) is 0 Å². The maximum Gasteiger partial charge on any atom is 0.315 e. The smallest absolute Gasteiger partial charge is 0.315 e. The van der Waals surface area contributed by atoms with Gasteiger partial charge in [-0.1, -0.05) is 149 Å². The first kappa shape index (κ1) is 87.9. The van der Waals surface area contributed by atoms with E-state index in [1.165, 1.54) is 34.3 Å². The predicted octanol–water partition coefficient (Wildman–Crippen LogP) is 4.45. The molecule has 8 rings (SSSR count). The first-order chi connectivity index (χ1) is 46.8. The molecule has 8 N–H and O–H groups in total. The highest BCUT2D eigenvalue weighted by molar-refractivity contribution is 7.87. The van der Waals surface area contributed by atoms with E-state index in [0.717, 1.165) is 25.7 Å². The monoisotopic (exact) mass is 1510 g/mol. The summed E-state index contributed by atoms with van der Waals surface area (Å²) >= 11 is 0. The van der Waals surface area contributed by atoms with Crippen molar-refractivity contribution in [2.24, 2.45) is 78.7 Å². The molecule has 4 saturated heterocycles. The number of halogens is 1. The minimum absolute atomic E-state index is 0. The Labute approximate surface area is 619 Å². The second kappa shape index (κ2) is 33.6. The number of urea groups is 1. The van der Waals surface area contributed by atoms with Gasteiger partial charge < -0.3 is 47.4 Å². The molecule has 584 valence electrons. The van der Waals surface area contributed by atoms with Gasteiger partial charge in [0.1, 0.15) is 18.1 Å². The number of ketones is 2. The van der Waals surface area contributed by atoms with E-state index in [1.807, 2.05) is 111 Å². The molecule has 4 heterocycles. The second-order valence-electron chi connectivity index (χ2n) is 35.4. The number of hydrogen-bond donors (Lipinski definition) is 7. The number of likely N-dealkylation sites (tertiary alicyclic amines) is 2. The van der Waals surface area contributed by atoms with Gasteiger partial charge in [-0.05, 0) is 109 Å². The van der Waals surface area contributed by atoms with Crippen LogP contribution in [-0.2, 0) is 63.6 Å². The van der Waals surface area contributed by atoms with E-state index in [0.29, 0.717) is 58.0 Å². The molecular weight excluding hydrogens is 1380 g/mol. The largest absolute Gasteiger partial charge is 0.346 e. The molecule has 4 aliphatic heterocycles. The SMILES string of the molecule is C=CCNC(=O)C(=O)C(CC1CC1)NC(=O)[C@@H]1[C@@H]2[C@H](CN1C(=O)[C@@H](N)C(C)(C)C)C2(C)C.C=CCNC(=O)C(=O)C(CC1CC1)NC(=O)[C@@H]1[C@@H]2[C@H](CN1C(=O)[C@@H](NC(=O)N[C@H](CN1CCN(C(C)C)S1(=O)=O)C(C)(C)C)C(C)(C)C)C2(C)C.CC(C)N1CCN(C[C@@H](N=C=O)C(C)(C)C)S1(=O)=O.Cl. The average molecular weight is 1510 g/mol. The van der Waals surface area contributed by atoms with Crippen LogP contribution in [0.3, 0.4) is 0 Å². The summed E-state index contributed by atoms with van der Waals surface area (Å²) < 4.78 is 56.8. The molecule has 0 bridgehead atoms. The van der Waals surface area contributed by atoms with E-state index in [1.54, 1.807) is 11.0 Å². The number of piperidine rings is 2. The van der Waals surface area contributed by atoms with Gasteiger partial charge in [0.15, 0.2) is 0 Å². The Kier molecular flexibility index (Phi) is 28.7. The number of isocyanates is 1. The molecule has 12 atom stereocenters. The number of nitrogens with zero attached hydrogens (tertiary/aromatic N) is 7. The van der Waals surface area contributed by atoms with E-state index in [9.17, 15) is 64.8 Å². The molecule has 8 fully saturated rings. The summed E-state index contributed by atoms with van der Waals surface area (Å²) in [6.45, 7) is 48.5. The number of carbonyl (C=O) groups excluding carboxylic acids is 10. The van der Waals surface area contributed by atoms with Crippen molar-refractivity contribution >= 4 is 91.9 Å². The average Bonchev–Trinajstić information content (AvgIpc) is 1.53. The summed E-state index contributed by atoms with van der Waals surface area (Å²) in [6.07, 6.45) is 9.11. The molecule has 31 heteroatoms. The zero-order valence-electron chi connectivity index (χ0n) is 64.8. The Morgan fingerprint density at radius 3 is 1.27 bits per heavy atom. The lowest BCUT2D eigenvalue weighted by atomic mass is 9.85. The van der Waals surface area contributed by atoms with Crippen molar-refractivity contribution in [1.29, 1.82) is 0 Å². The molecule has 28 nitrogen and oxygen atoms in total. The Balaban J connectivity index is 0.000000311. The van der Waals surface area contributed by atoms with Crippen LogP contribution in [-0.4, -0.2) is 229 Å². The van der Waals surface area contributed by atoms with Crippen LogP contribution in [0.5, 0.6) is 0 Å². The van der Waals surface area contributed by atoms with Gasteiger partial charge in [-0.15, -0.1) is 25.6 Å². The molecule has 4 saturated carbocycles. The highest BCUT2D eigenvalue weighted by Gasteiger charge is 2.71. The fourth-order valence-corrected chi connectivity index (χ4v) is 18.2. The zero-order valence-corrected chi connectivity index (χ0v) is 67.2. The standard InChI is InChI=1S/C36H61N7O7S.C24H38N4O4.C12H23N3O3S.ClH/c1-12-15-37-31(46)28(44)24(18-22-13-14-22)38-30(45)27-26-23(36(26,10)11)19-42(27)32(47)29(35(7,8)9)40-33(48)39-25(34(4,5)6)20-41-16-17-43(21(2)3)51(41,49)50;1-7-10-26-21(31)18(29)15(11-13-8-9-13)27-20(30)17-16-14(24(16,5)6)12-28(17)22(32)19(25)23(2,3)4;1-10(2)15-7-6-14(19(15,17)18)8-11(13-9-16)12(3,4)5;/h12,21-27,29H,1,13-20H2,2-11H3,(H,37,46)(H,38,45)(H2,39,40,48);7,13-17,19H,1,8-12,25H2,2-6H3,(H,26,31)(H,27,30);10-11H,6-8H2,1-5H3;1H/t23-,24?,25+,26-,27-,29+;14-,15?,16-,17-,19+;11-;/m001./s1. The Bertz CT molecular complexity index is 3440. The summed E-state index contributed by atoms with van der Waals surface area (Å²) in [5, 5.41) is 16.5. The molecule has 0 aromatic carbocycles. The number of aliphatic imine (C=N–C) groups is 1. The molecule has 4 aliphatic carbocycles. The van der Waals surface area contributed by atoms with Gasteiger partial charge in [0.25, 0.3) is 32.2 Å². The number of carbonyl (C=O) groups is 9. The molecule has 0 radical (unpaired) electrons. The highest BCUT2D eigenvalue weighted by Crippen LogP contribution is 2.66. The minimum Gasteiger partial charge on any atom is -0.346 e. The van der Waals surface area contributed by atoms with E-state index in [4.69, 9.17) is 5.73 Å². The molecule has 8 amide bonds. The molecule has 2 unspecified atom stereocenters. The predicted molar refractivity (Wildman–Crippen MR) is 396 cm³/mol. The molecule has 8 aliphatic rings. The highest BCUT2D eigenvalue weighted by atomic mass is 35.5. The maximum absolute atomic E-state index is 14.5. The summed E-state index contributed by atoms with van der Waals surface area (Å²) in [6, 6.07) is -7.07. The van der Waals surface area contributed by atoms with E-state index in [2.05, 4.69) is 77.7 Å². The first-order valence-corrected chi connectivity index (χ1v) is 39.1. The van der Waals surface area contributed by atoms with Crippen molar-refractivity contribution in [3.05, 3.63) is 25.3 Å². The van der Waals surface area contributed by atoms with E-state index in [-0.39, 0.29) is 114 Å². The quantitative estimate of drug-likeness (QED) is 0.0258. The summed E-state index contributed by atoms with van der Waals surface area (Å²) in [4.78, 5) is 137. The number of hydrogen-bond acceptors (Lipinski definition) is 16. The van der Waals surface area contributed by atoms with Crippen LogP contribution in [0, 0.1) is 68.0 Å². The molecule has 0 aromatic rings. The van der Waals surface area contributed by atoms with Crippen LogP contribution in [0.1, 0.15) is 177 Å². The van der Waals surface area contributed by atoms with Crippen molar-refractivity contribution in [2.45, 2.75) is 237 Å². The summed E-state index contributed by atoms with van der Waals surface area (Å²) in [5.41, 5.74) is 3.97. The van der Waals surface area contributed by atoms with Crippen molar-refractivity contribution in [2.75, 3.05) is 65.4 Å². The Hall–Kier alpha value is -5.72. The van der Waals surface area contributed by atoms with Crippen molar-refractivity contribution in [1.82, 2.24) is 58.9 Å². The molecule has 0 spiro atoms. The van der Waals surface area contributed by atoms with Gasteiger partial charge in [0.05, 0.1) is 24.2 Å². The maximum atomic E-state index is 14.5. The van der Waals surface area contributed by atoms with E-state index >= 15 is 0 Å². The summed E-state index contributed by atoms with van der Waals surface area (Å²) in [7, 11) is -7.12. The van der Waals surface area contributed by atoms with Crippen molar-refractivity contribution < 1.29 is 64.8 Å². The van der Waals surface area contributed by atoms with Crippen LogP contribution in [0.25, 0.3) is 0 Å². The van der Waals surface area contributed by atoms with Gasteiger partial charge >= 0.3 is 6.03 Å². The van der Waals surface area contributed by atoms with E-state index < -0.39 is 120 Å². The van der Waals surface area contributed by atoms with Crippen LogP contribution in [0.2, 0.25) is 0 Å². The molecule has 0 aromatic heterocycles. The number of amides is 8. The van der Waals surface area contributed by atoms with Gasteiger partial charge in [-0.3, -0.25) is 38.4 Å². The third-order valence-electron chi connectivity index (χ3n) is 22.0. The fraction of sp³-hybridized carbons (Fsp3) is 0.806. The lowest BCUT2D eigenvalue weighted by Gasteiger charge is -2.39. The van der Waals surface area contributed by atoms with Gasteiger partial charge in [0, 0.05) is 83.6 Å². The van der Waals surface area contributed by atoms with Crippen LogP contribution < -0.4 is 37.6 Å². The minimum atomic E-state index is -3.69. The number of nitrogens with one attached hydrogen (secondary N) is 6. The van der Waals surface area contributed by atoms with Gasteiger partial charge in [0.2, 0.25) is 41.3 Å². The number of Topliss-reactive ketones (excluding diaryl/α,β-unsaturated/α-hetero) is 2. The number of nitrogens with two attached hydrogens (primary N) is 1. The lowest BCUT2D eigenvalue weighted by molar-refractivity contribution is -0.145. The molecule has 103 heavy (non-hydrogen) atoms. The third kappa shape index (κ3) is 21.1. The summed E-state index contributed by atoms with van der Waals surface area (Å²) in [5.74, 6) is -3.69. The van der Waals surface area contributed by atoms with Crippen LogP contribution in [0.4, 0.5) is 4.79 Å². The molecular formula is C72H123ClN14O14S2. The Morgan fingerprint density at radius 1 is 0.563 bits per heavy atom. The normalized spacial score (nSPS) is 25.7. The fourth-order valence-electron chi connectivity index (χ4n) is 14.6. The van der Waals surface area contributed by atoms with Crippen molar-refractivity contribution in [3.63, 3.8) is 0 Å². The van der Waals surface area contributed by atoms with Gasteiger partial charge in [-0.25, -0.2) is 14.6 Å². The first-order valence-electron chi connectivity index (χ1n) is 36.3. The lowest BCUT2D eigenvalue weighted by Crippen LogP contribution is -2.62. The topological polar surface area (TPSA) is 369 Å².